The van der Waals surface area contributed by atoms with Crippen molar-refractivity contribution in [1.82, 2.24) is 4.31 Å². The molecule has 0 bridgehead atoms. The van der Waals surface area contributed by atoms with E-state index in [0.29, 0.717) is 11.5 Å². The Bertz CT molecular complexity index is 677. The van der Waals surface area contributed by atoms with Gasteiger partial charge in [-0.1, -0.05) is 0 Å². The van der Waals surface area contributed by atoms with E-state index < -0.39 is 10.0 Å². The van der Waals surface area contributed by atoms with Gasteiger partial charge in [-0.3, -0.25) is 0 Å². The van der Waals surface area contributed by atoms with Crippen molar-refractivity contribution in [3.63, 3.8) is 0 Å². The number of ether oxygens (including phenoxy) is 1. The Morgan fingerprint density at radius 3 is 2.40 bits per heavy atom. The molecule has 20 heavy (non-hydrogen) atoms. The van der Waals surface area contributed by atoms with Gasteiger partial charge in [0.05, 0.1) is 0 Å². The molecular weight excluding hydrogens is 285 g/mol. The van der Waals surface area contributed by atoms with Crippen molar-refractivity contribution in [1.29, 1.82) is 0 Å². The van der Waals surface area contributed by atoms with Gasteiger partial charge in [-0.05, 0) is 36.4 Å². The van der Waals surface area contributed by atoms with Crippen molar-refractivity contribution in [2.45, 2.75) is 11.7 Å². The molecule has 0 radical (unpaired) electrons. The number of furan rings is 1. The average Bonchev–Trinajstić information content (AvgIpc) is 2.87. The first-order valence-corrected chi connectivity index (χ1v) is 7.23. The zero-order valence-electron chi connectivity index (χ0n) is 11.0. The molecule has 0 N–H and O–H groups in total. The van der Waals surface area contributed by atoms with E-state index in [1.165, 1.54) is 50.5 Å². The summed E-state index contributed by atoms with van der Waals surface area (Å²) in [5.41, 5.74) is 0. The SMILES string of the molecule is CN(C)S(=O)(=O)c1ccc(COc2ccc(F)cc2)o1. The molecule has 1 aromatic carbocycles. The molecule has 1 aromatic heterocycles. The van der Waals surface area contributed by atoms with Crippen molar-refractivity contribution in [2.75, 3.05) is 14.1 Å². The fourth-order valence-electron chi connectivity index (χ4n) is 1.44. The summed E-state index contributed by atoms with van der Waals surface area (Å²) >= 11 is 0. The first-order valence-electron chi connectivity index (χ1n) is 5.79. The quantitative estimate of drug-likeness (QED) is 0.849. The van der Waals surface area contributed by atoms with Crippen molar-refractivity contribution < 1.29 is 22.0 Å². The smallest absolute Gasteiger partial charge is 0.275 e. The Labute approximate surface area is 116 Å². The van der Waals surface area contributed by atoms with E-state index in [0.717, 1.165) is 4.31 Å². The van der Waals surface area contributed by atoms with Gasteiger partial charge in [0.1, 0.15) is 23.9 Å². The molecule has 0 atom stereocenters. The van der Waals surface area contributed by atoms with Gasteiger partial charge < -0.3 is 9.15 Å². The van der Waals surface area contributed by atoms with Gasteiger partial charge in [0.15, 0.2) is 0 Å². The second-order valence-electron chi connectivity index (χ2n) is 4.25. The van der Waals surface area contributed by atoms with E-state index in [-0.39, 0.29) is 17.5 Å². The maximum absolute atomic E-state index is 12.7. The zero-order valence-corrected chi connectivity index (χ0v) is 11.9. The highest BCUT2D eigenvalue weighted by atomic mass is 32.2. The van der Waals surface area contributed by atoms with Gasteiger partial charge in [-0.25, -0.2) is 17.1 Å². The monoisotopic (exact) mass is 299 g/mol. The topological polar surface area (TPSA) is 59.8 Å². The van der Waals surface area contributed by atoms with Crippen LogP contribution in [0.15, 0.2) is 45.9 Å². The molecule has 0 saturated carbocycles. The third-order valence-corrected chi connectivity index (χ3v) is 4.26. The predicted octanol–water partition coefficient (Wildman–Crippen LogP) is 2.25. The largest absolute Gasteiger partial charge is 0.486 e. The summed E-state index contributed by atoms with van der Waals surface area (Å²) in [4.78, 5) is 0. The molecule has 2 aromatic rings. The standard InChI is InChI=1S/C13H14FNO4S/c1-15(2)20(16,17)13-8-7-12(19-13)9-18-11-5-3-10(14)4-6-11/h3-8H,9H2,1-2H3. The molecule has 0 spiro atoms. The summed E-state index contributed by atoms with van der Waals surface area (Å²) in [6.07, 6.45) is 0. The van der Waals surface area contributed by atoms with Gasteiger partial charge in [-0.2, -0.15) is 0 Å². The maximum Gasteiger partial charge on any atom is 0.275 e. The van der Waals surface area contributed by atoms with Gasteiger partial charge in [-0.15, -0.1) is 0 Å². The van der Waals surface area contributed by atoms with Crippen molar-refractivity contribution in [2.24, 2.45) is 0 Å². The van der Waals surface area contributed by atoms with Crippen LogP contribution in [0.25, 0.3) is 0 Å². The molecule has 0 fully saturated rings. The lowest BCUT2D eigenvalue weighted by atomic mass is 10.3. The minimum Gasteiger partial charge on any atom is -0.486 e. The van der Waals surface area contributed by atoms with Crippen LogP contribution in [0.2, 0.25) is 0 Å². The Hall–Kier alpha value is -1.86. The van der Waals surface area contributed by atoms with Gasteiger partial charge in [0.2, 0.25) is 5.09 Å². The number of hydrogen-bond donors (Lipinski definition) is 0. The predicted molar refractivity (Wildman–Crippen MR) is 70.3 cm³/mol. The highest BCUT2D eigenvalue weighted by Crippen LogP contribution is 2.19. The number of benzene rings is 1. The molecule has 0 aliphatic heterocycles. The number of rotatable bonds is 5. The Kier molecular flexibility index (Phi) is 4.10. The van der Waals surface area contributed by atoms with E-state index in [1.54, 1.807) is 0 Å². The van der Waals surface area contributed by atoms with Crippen LogP contribution >= 0.6 is 0 Å². The summed E-state index contributed by atoms with van der Waals surface area (Å²) in [7, 11) is -0.737. The minimum absolute atomic E-state index is 0.0641. The molecule has 7 heteroatoms. The van der Waals surface area contributed by atoms with Crippen LogP contribution in [0.1, 0.15) is 5.76 Å². The Morgan fingerprint density at radius 1 is 1.15 bits per heavy atom. The van der Waals surface area contributed by atoms with Crippen LogP contribution in [0, 0.1) is 5.82 Å². The van der Waals surface area contributed by atoms with Crippen LogP contribution in [-0.2, 0) is 16.6 Å². The molecule has 0 amide bonds. The van der Waals surface area contributed by atoms with Gasteiger partial charge in [0.25, 0.3) is 10.0 Å². The summed E-state index contributed by atoms with van der Waals surface area (Å²) in [6, 6.07) is 8.42. The van der Waals surface area contributed by atoms with Crippen molar-refractivity contribution in [3.05, 3.63) is 48.0 Å². The van der Waals surface area contributed by atoms with Crippen LogP contribution < -0.4 is 4.74 Å². The first kappa shape index (κ1) is 14.5. The molecule has 108 valence electrons. The fraction of sp³-hybridized carbons (Fsp3) is 0.231. The molecule has 0 unspecified atom stereocenters. The molecule has 2 rings (SSSR count). The van der Waals surface area contributed by atoms with Crippen LogP contribution in [0.4, 0.5) is 4.39 Å². The second kappa shape index (κ2) is 5.64. The molecular formula is C13H14FNO4S. The number of halogens is 1. The lowest BCUT2D eigenvalue weighted by molar-refractivity contribution is 0.256. The fourth-order valence-corrected chi connectivity index (χ4v) is 2.25. The minimum atomic E-state index is -3.58. The number of sulfonamides is 1. The lowest BCUT2D eigenvalue weighted by Gasteiger charge is -2.08. The highest BCUT2D eigenvalue weighted by molar-refractivity contribution is 7.88. The number of hydrogen-bond acceptors (Lipinski definition) is 4. The van der Waals surface area contributed by atoms with Crippen LogP contribution in [0.5, 0.6) is 5.75 Å². The van der Waals surface area contributed by atoms with Gasteiger partial charge in [0, 0.05) is 14.1 Å². The van der Waals surface area contributed by atoms with Crippen molar-refractivity contribution >= 4 is 10.0 Å². The van der Waals surface area contributed by atoms with Gasteiger partial charge >= 0.3 is 0 Å². The molecule has 1 heterocycles. The third kappa shape index (κ3) is 3.17. The van der Waals surface area contributed by atoms with E-state index >= 15 is 0 Å². The highest BCUT2D eigenvalue weighted by Gasteiger charge is 2.21. The van der Waals surface area contributed by atoms with E-state index in [9.17, 15) is 12.8 Å². The molecule has 0 saturated heterocycles. The summed E-state index contributed by atoms with van der Waals surface area (Å²) in [5, 5.41) is -0.139. The van der Waals surface area contributed by atoms with E-state index in [4.69, 9.17) is 9.15 Å². The molecule has 0 aliphatic rings. The van der Waals surface area contributed by atoms with Crippen LogP contribution in [-0.4, -0.2) is 26.8 Å². The third-order valence-electron chi connectivity index (χ3n) is 2.57. The summed E-state index contributed by atoms with van der Waals surface area (Å²) in [6.45, 7) is 0.0641. The summed E-state index contributed by atoms with van der Waals surface area (Å²) in [5.74, 6) is 0.490. The first-order chi connectivity index (χ1) is 9.39. The number of nitrogens with zero attached hydrogens (tertiary/aromatic N) is 1. The zero-order chi connectivity index (χ0) is 14.8. The lowest BCUT2D eigenvalue weighted by Crippen LogP contribution is -2.21. The Morgan fingerprint density at radius 2 is 1.80 bits per heavy atom. The van der Waals surface area contributed by atoms with Crippen molar-refractivity contribution in [3.8, 4) is 5.75 Å². The second-order valence-corrected chi connectivity index (χ2v) is 6.33. The normalized spacial score (nSPS) is 11.8. The molecule has 5 nitrogen and oxygen atoms in total. The van der Waals surface area contributed by atoms with E-state index in [1.807, 2.05) is 0 Å². The summed E-state index contributed by atoms with van der Waals surface area (Å²) < 4.78 is 48.0. The van der Waals surface area contributed by atoms with Crippen LogP contribution in [0.3, 0.4) is 0 Å². The van der Waals surface area contributed by atoms with E-state index in [2.05, 4.69) is 0 Å². The molecule has 0 aliphatic carbocycles. The average molecular weight is 299 g/mol. The Balaban J connectivity index is 2.05. The maximum atomic E-state index is 12.7.